The minimum absolute atomic E-state index is 0. The Hall–Kier alpha value is -3.34. The van der Waals surface area contributed by atoms with Crippen LogP contribution < -0.4 is 45.7 Å². The first-order valence-corrected chi connectivity index (χ1v) is 11.9. The van der Waals surface area contributed by atoms with Crippen LogP contribution in [0.25, 0.3) is 0 Å². The van der Waals surface area contributed by atoms with Gasteiger partial charge in [-0.2, -0.15) is 0 Å². The van der Waals surface area contributed by atoms with Crippen LogP contribution >= 0.6 is 0 Å². The van der Waals surface area contributed by atoms with E-state index in [1.54, 1.807) is 0 Å². The van der Waals surface area contributed by atoms with Crippen LogP contribution in [0.2, 0.25) is 0 Å². The predicted octanol–water partition coefficient (Wildman–Crippen LogP) is -7.34. The van der Waals surface area contributed by atoms with Crippen LogP contribution in [0.4, 0.5) is 23.0 Å². The summed E-state index contributed by atoms with van der Waals surface area (Å²) in [6.45, 7) is 9.52. The van der Waals surface area contributed by atoms with Gasteiger partial charge in [-0.05, 0) is 0 Å². The van der Waals surface area contributed by atoms with Gasteiger partial charge in [0.1, 0.15) is 26.2 Å². The molecule has 5 rings (SSSR count). The second-order valence-electron chi connectivity index (χ2n) is 9.77. The van der Waals surface area contributed by atoms with Gasteiger partial charge in [0.25, 0.3) is 0 Å². The highest BCUT2D eigenvalue weighted by Gasteiger charge is 2.46. The molecule has 0 aromatic carbocycles. The van der Waals surface area contributed by atoms with Crippen LogP contribution in [0, 0.1) is 20.2 Å². The molecule has 3 saturated heterocycles. The Morgan fingerprint density at radius 2 is 0.974 bits per heavy atom. The highest BCUT2D eigenvalue weighted by atomic mass is 35.5. The molecule has 3 aliphatic rings. The third-order valence-electron chi connectivity index (χ3n) is 8.06. The van der Waals surface area contributed by atoms with Gasteiger partial charge in [-0.15, -0.1) is 0 Å². The fraction of sp³-hybridized carbons (Fsp3) is 0.600. The molecule has 5 heterocycles. The summed E-state index contributed by atoms with van der Waals surface area (Å²) >= 11 is 0. The number of anilines is 2. The topological polar surface area (TPSA) is 184 Å². The van der Waals surface area contributed by atoms with Gasteiger partial charge in [0.15, 0.2) is 0 Å². The predicted molar refractivity (Wildman–Crippen MR) is 127 cm³/mol. The van der Waals surface area contributed by atoms with Crippen molar-refractivity contribution in [3.8, 4) is 0 Å². The monoisotopic (exact) mass is 574 g/mol. The lowest BCUT2D eigenvalue weighted by Crippen LogP contribution is -3.00. The van der Waals surface area contributed by atoms with Crippen LogP contribution in [-0.4, -0.2) is 117 Å². The van der Waals surface area contributed by atoms with Crippen molar-refractivity contribution in [3.63, 3.8) is 0 Å². The van der Waals surface area contributed by atoms with Crippen molar-refractivity contribution in [1.29, 1.82) is 0 Å². The molecule has 16 nitrogen and oxygen atoms in total. The minimum atomic E-state index is -0.747. The molecule has 2 aromatic rings. The summed E-state index contributed by atoms with van der Waals surface area (Å²) in [4.78, 5) is 61.7. The number of nitrogens with zero attached hydrogens (tertiary/aromatic N) is 8. The molecule has 0 saturated carbocycles. The molecule has 0 unspecified atom stereocenters. The molecule has 0 amide bonds. The summed E-state index contributed by atoms with van der Waals surface area (Å²) in [5, 5.41) is 22.8. The Bertz CT molecular complexity index is 1190. The second-order valence-corrected chi connectivity index (χ2v) is 9.77. The Morgan fingerprint density at radius 1 is 0.658 bits per heavy atom. The third-order valence-corrected chi connectivity index (χ3v) is 8.06. The molecular formula is C20H28Cl2N10O6. The Labute approximate surface area is 228 Å². The maximum Gasteiger partial charge on any atom is 0.375 e. The van der Waals surface area contributed by atoms with Crippen molar-refractivity contribution in [2.45, 2.75) is 0 Å². The van der Waals surface area contributed by atoms with E-state index in [4.69, 9.17) is 0 Å². The van der Waals surface area contributed by atoms with Crippen molar-refractivity contribution in [2.24, 2.45) is 0 Å². The zero-order valence-electron chi connectivity index (χ0n) is 20.4. The first-order chi connectivity index (χ1) is 17.2. The normalized spacial score (nSPS) is 19.9. The SMILES string of the molecule is O=c1[nH]cnc(N2CC[N+]3(CC2)CC[N+]2(CCN(c4nc[nH]c(=O)c4[N+](=O)[O-])CC2)CC3)c1[N+](=O)[O-].[Cl-].[Cl-]. The number of piperazine rings is 3. The maximum absolute atomic E-state index is 11.9. The van der Waals surface area contributed by atoms with E-state index in [1.807, 2.05) is 9.80 Å². The molecule has 2 aromatic heterocycles. The molecule has 3 fully saturated rings. The van der Waals surface area contributed by atoms with Gasteiger partial charge in [0.05, 0.1) is 74.9 Å². The lowest BCUT2D eigenvalue weighted by Gasteiger charge is -2.54. The summed E-state index contributed by atoms with van der Waals surface area (Å²) in [7, 11) is 0. The number of hydrogen-bond donors (Lipinski definition) is 2. The quantitative estimate of drug-likeness (QED) is 0.202. The molecule has 0 atom stereocenters. The molecule has 2 spiro atoms. The number of aromatic amines is 2. The van der Waals surface area contributed by atoms with E-state index in [-0.39, 0.29) is 36.4 Å². The molecule has 3 aliphatic heterocycles. The van der Waals surface area contributed by atoms with Gasteiger partial charge in [-0.3, -0.25) is 29.8 Å². The summed E-state index contributed by atoms with van der Waals surface area (Å²) < 4.78 is 1.86. The maximum atomic E-state index is 11.9. The summed E-state index contributed by atoms with van der Waals surface area (Å²) in [6, 6.07) is 0. The Morgan fingerprint density at radius 3 is 1.26 bits per heavy atom. The van der Waals surface area contributed by atoms with Gasteiger partial charge in [0, 0.05) is 0 Å². The number of H-pyrrole nitrogens is 2. The van der Waals surface area contributed by atoms with E-state index >= 15 is 0 Å². The van der Waals surface area contributed by atoms with Crippen LogP contribution in [0.1, 0.15) is 0 Å². The average Bonchev–Trinajstić information content (AvgIpc) is 2.86. The zero-order valence-corrected chi connectivity index (χ0v) is 21.9. The number of nitrogens with one attached hydrogen (secondary N) is 2. The van der Waals surface area contributed by atoms with E-state index in [9.17, 15) is 29.8 Å². The van der Waals surface area contributed by atoms with Crippen LogP contribution in [0.3, 0.4) is 0 Å². The Kier molecular flexibility index (Phi) is 8.60. The smallest absolute Gasteiger partial charge is 0.375 e. The van der Waals surface area contributed by atoms with Crippen molar-refractivity contribution < 1.29 is 43.6 Å². The number of quaternary nitrogens is 2. The molecular weight excluding hydrogens is 547 g/mol. The number of hydrogen-bond acceptors (Lipinski definition) is 10. The lowest BCUT2D eigenvalue weighted by molar-refractivity contribution is -1.03. The summed E-state index contributed by atoms with van der Waals surface area (Å²) in [5.41, 5.74) is -2.52. The van der Waals surface area contributed by atoms with Crippen LogP contribution in [0.15, 0.2) is 22.2 Å². The number of rotatable bonds is 4. The molecule has 38 heavy (non-hydrogen) atoms. The lowest BCUT2D eigenvalue weighted by atomic mass is 10.1. The van der Waals surface area contributed by atoms with Crippen molar-refractivity contribution in [1.82, 2.24) is 19.9 Å². The molecule has 208 valence electrons. The van der Waals surface area contributed by atoms with E-state index in [0.717, 1.165) is 61.3 Å². The van der Waals surface area contributed by atoms with Gasteiger partial charge in [0.2, 0.25) is 11.6 Å². The van der Waals surface area contributed by atoms with E-state index in [1.165, 1.54) is 12.7 Å². The first-order valence-electron chi connectivity index (χ1n) is 11.9. The van der Waals surface area contributed by atoms with Gasteiger partial charge < -0.3 is 53.5 Å². The number of aromatic nitrogens is 4. The molecule has 2 N–H and O–H groups in total. The summed E-state index contributed by atoms with van der Waals surface area (Å²) in [5.74, 6) is 0.251. The van der Waals surface area contributed by atoms with Gasteiger partial charge in [-0.1, -0.05) is 0 Å². The number of halogens is 2. The van der Waals surface area contributed by atoms with Crippen molar-refractivity contribution >= 4 is 23.0 Å². The average molecular weight is 575 g/mol. The number of nitro groups is 2. The first kappa shape index (κ1) is 29.2. The van der Waals surface area contributed by atoms with Crippen molar-refractivity contribution in [3.05, 3.63) is 53.6 Å². The standard InChI is InChI=1S/C20H26N10O6.2ClH/c31-19-15(27(33)34)17(21-13-23-19)25-1-5-29(6-2-25)9-11-30(12-10-29)7-3-26(4-8-30)18-16(28(35)36)20(32)24-14-22-18;;/h13-14H,1-12H2;2*1H. The fourth-order valence-corrected chi connectivity index (χ4v) is 5.73. The van der Waals surface area contributed by atoms with Crippen LogP contribution in [0.5, 0.6) is 0 Å². The molecule has 0 aliphatic carbocycles. The van der Waals surface area contributed by atoms with Gasteiger partial charge >= 0.3 is 22.5 Å². The highest BCUT2D eigenvalue weighted by molar-refractivity contribution is 5.56. The molecule has 0 radical (unpaired) electrons. The third kappa shape index (κ3) is 5.29. The fourth-order valence-electron chi connectivity index (χ4n) is 5.73. The van der Waals surface area contributed by atoms with E-state index in [2.05, 4.69) is 19.9 Å². The molecule has 18 heteroatoms. The minimum Gasteiger partial charge on any atom is -1.00 e. The largest absolute Gasteiger partial charge is 1.00 e. The van der Waals surface area contributed by atoms with Gasteiger partial charge in [-0.25, -0.2) is 9.97 Å². The second kappa shape index (κ2) is 11.2. The molecule has 0 bridgehead atoms. The van der Waals surface area contributed by atoms with Crippen molar-refractivity contribution in [2.75, 3.05) is 88.3 Å². The van der Waals surface area contributed by atoms with E-state index in [0.29, 0.717) is 26.2 Å². The zero-order chi connectivity index (χ0) is 25.5. The van der Waals surface area contributed by atoms with E-state index < -0.39 is 32.3 Å². The van der Waals surface area contributed by atoms with Crippen LogP contribution in [-0.2, 0) is 0 Å². The Balaban J connectivity index is 0.00000200. The highest BCUT2D eigenvalue weighted by Crippen LogP contribution is 2.29. The summed E-state index contributed by atoms with van der Waals surface area (Å²) in [6.07, 6.45) is 2.40.